The molecule has 0 aliphatic heterocycles. The molecule has 1 atom stereocenters. The van der Waals surface area contributed by atoms with Crippen molar-refractivity contribution in [2.75, 3.05) is 5.32 Å². The number of nitrogens with one attached hydrogen (secondary N) is 1. The minimum atomic E-state index is -0.611. The number of rotatable bonds is 4. The lowest BCUT2D eigenvalue weighted by atomic mass is 10.1. The summed E-state index contributed by atoms with van der Waals surface area (Å²) in [4.78, 5) is 14.3. The number of hydrogen-bond acceptors (Lipinski definition) is 4. The maximum absolute atomic E-state index is 13.5. The Morgan fingerprint density at radius 2 is 2.10 bits per heavy atom. The Kier molecular flexibility index (Phi) is 4.59. The van der Waals surface area contributed by atoms with Gasteiger partial charge < -0.3 is 5.32 Å². The van der Waals surface area contributed by atoms with E-state index in [1.807, 2.05) is 0 Å². The Balaban J connectivity index is 2.33. The molecule has 1 aromatic carbocycles. The summed E-state index contributed by atoms with van der Waals surface area (Å²) in [7, 11) is 0. The van der Waals surface area contributed by atoms with E-state index in [9.17, 15) is 14.5 Å². The molecule has 0 saturated carbocycles. The summed E-state index contributed by atoms with van der Waals surface area (Å²) in [5, 5.41) is 14.0. The molecule has 5 nitrogen and oxygen atoms in total. The Bertz CT molecular complexity index is 697. The van der Waals surface area contributed by atoms with Gasteiger partial charge in [0.25, 0.3) is 0 Å². The highest BCUT2D eigenvalue weighted by Crippen LogP contribution is 2.31. The topological polar surface area (TPSA) is 68.1 Å². The van der Waals surface area contributed by atoms with Gasteiger partial charge in [-0.1, -0.05) is 23.2 Å². The quantitative estimate of drug-likeness (QED) is 0.505. The van der Waals surface area contributed by atoms with Crippen molar-refractivity contribution in [2.45, 2.75) is 13.0 Å². The Morgan fingerprint density at radius 1 is 1.38 bits per heavy atom. The highest BCUT2D eigenvalue weighted by Gasteiger charge is 2.19. The van der Waals surface area contributed by atoms with Gasteiger partial charge in [0.15, 0.2) is 0 Å². The van der Waals surface area contributed by atoms with E-state index < -0.39 is 16.8 Å². The van der Waals surface area contributed by atoms with Crippen LogP contribution in [0.4, 0.5) is 15.9 Å². The molecule has 2 aromatic rings. The van der Waals surface area contributed by atoms with Crippen LogP contribution in [0.1, 0.15) is 18.5 Å². The van der Waals surface area contributed by atoms with Crippen LogP contribution in [0.15, 0.2) is 30.5 Å². The SMILES string of the molecule is C[C@H](Nc1ncccc1[N+](=O)[O-])c1cc(F)c(Cl)cc1Cl. The second-order valence-electron chi connectivity index (χ2n) is 4.28. The second-order valence-corrected chi connectivity index (χ2v) is 5.10. The first-order chi connectivity index (χ1) is 9.90. The van der Waals surface area contributed by atoms with E-state index in [1.165, 1.54) is 30.5 Å². The van der Waals surface area contributed by atoms with Gasteiger partial charge in [-0.15, -0.1) is 0 Å². The minimum Gasteiger partial charge on any atom is -0.358 e. The third-order valence-electron chi connectivity index (χ3n) is 2.84. The number of nitro groups is 1. The molecule has 0 unspecified atom stereocenters. The van der Waals surface area contributed by atoms with E-state index >= 15 is 0 Å². The zero-order chi connectivity index (χ0) is 15.6. The van der Waals surface area contributed by atoms with Crippen molar-refractivity contribution in [2.24, 2.45) is 0 Å². The van der Waals surface area contributed by atoms with Gasteiger partial charge in [0.1, 0.15) is 5.82 Å². The van der Waals surface area contributed by atoms with Crippen molar-refractivity contribution < 1.29 is 9.31 Å². The number of nitrogens with zero attached hydrogens (tertiary/aromatic N) is 2. The van der Waals surface area contributed by atoms with Gasteiger partial charge in [-0.3, -0.25) is 10.1 Å². The average Bonchev–Trinajstić information content (AvgIpc) is 2.43. The smallest absolute Gasteiger partial charge is 0.311 e. The predicted molar refractivity (Wildman–Crippen MR) is 79.3 cm³/mol. The van der Waals surface area contributed by atoms with Gasteiger partial charge >= 0.3 is 5.69 Å². The normalized spacial score (nSPS) is 12.0. The number of anilines is 1. The highest BCUT2D eigenvalue weighted by atomic mass is 35.5. The molecule has 1 N–H and O–H groups in total. The molecule has 2 rings (SSSR count). The van der Waals surface area contributed by atoms with Crippen LogP contribution in [0.3, 0.4) is 0 Å². The number of pyridine rings is 1. The van der Waals surface area contributed by atoms with Crippen LogP contribution in [-0.2, 0) is 0 Å². The van der Waals surface area contributed by atoms with Crippen LogP contribution in [0, 0.1) is 15.9 Å². The molecule has 0 fully saturated rings. The van der Waals surface area contributed by atoms with Gasteiger partial charge in [-0.2, -0.15) is 0 Å². The first-order valence-corrected chi connectivity index (χ1v) is 6.66. The summed E-state index contributed by atoms with van der Waals surface area (Å²) in [5.41, 5.74) is 0.258. The van der Waals surface area contributed by atoms with E-state index in [1.54, 1.807) is 6.92 Å². The third kappa shape index (κ3) is 3.40. The molecule has 0 spiro atoms. The Hall–Kier alpha value is -1.92. The maximum Gasteiger partial charge on any atom is 0.311 e. The Morgan fingerprint density at radius 3 is 2.76 bits per heavy atom. The fourth-order valence-electron chi connectivity index (χ4n) is 1.81. The lowest BCUT2D eigenvalue weighted by Gasteiger charge is -2.16. The number of halogens is 3. The zero-order valence-electron chi connectivity index (χ0n) is 10.8. The first-order valence-electron chi connectivity index (χ1n) is 5.90. The molecule has 110 valence electrons. The number of benzene rings is 1. The molecule has 1 aromatic heterocycles. The molecule has 1 heterocycles. The number of hydrogen-bond donors (Lipinski definition) is 1. The summed E-state index contributed by atoms with van der Waals surface area (Å²) < 4.78 is 13.5. The molecule has 0 radical (unpaired) electrons. The van der Waals surface area contributed by atoms with Crippen molar-refractivity contribution in [3.05, 3.63) is 62.0 Å². The summed E-state index contributed by atoms with van der Waals surface area (Å²) >= 11 is 11.7. The van der Waals surface area contributed by atoms with Gasteiger partial charge in [0, 0.05) is 17.3 Å². The van der Waals surface area contributed by atoms with Crippen molar-refractivity contribution >= 4 is 34.7 Å². The second kappa shape index (κ2) is 6.24. The number of aromatic nitrogens is 1. The van der Waals surface area contributed by atoms with Gasteiger partial charge in [0.05, 0.1) is 16.0 Å². The lowest BCUT2D eigenvalue weighted by Crippen LogP contribution is -2.10. The van der Waals surface area contributed by atoms with Crippen LogP contribution < -0.4 is 5.32 Å². The molecule has 0 bridgehead atoms. The maximum atomic E-state index is 13.5. The van der Waals surface area contributed by atoms with Crippen LogP contribution in [0.25, 0.3) is 0 Å². The third-order valence-corrected chi connectivity index (χ3v) is 3.46. The summed E-state index contributed by atoms with van der Waals surface area (Å²) in [6.07, 6.45) is 1.42. The molecule has 0 aliphatic carbocycles. The van der Waals surface area contributed by atoms with Crippen LogP contribution in [-0.4, -0.2) is 9.91 Å². The summed E-state index contributed by atoms with van der Waals surface area (Å²) in [6.45, 7) is 1.69. The van der Waals surface area contributed by atoms with Gasteiger partial charge in [0.2, 0.25) is 5.82 Å². The molecule has 0 saturated heterocycles. The highest BCUT2D eigenvalue weighted by molar-refractivity contribution is 6.35. The summed E-state index contributed by atoms with van der Waals surface area (Å²) in [6, 6.07) is 4.78. The first kappa shape index (κ1) is 15.5. The zero-order valence-corrected chi connectivity index (χ0v) is 12.3. The van der Waals surface area contributed by atoms with Crippen molar-refractivity contribution in [1.29, 1.82) is 0 Å². The fraction of sp³-hybridized carbons (Fsp3) is 0.154. The summed E-state index contributed by atoms with van der Waals surface area (Å²) in [5.74, 6) is -0.526. The predicted octanol–water partition coefficient (Wildman–Crippen LogP) is 4.61. The molecular weight excluding hydrogens is 320 g/mol. The van der Waals surface area contributed by atoms with Crippen molar-refractivity contribution in [3.8, 4) is 0 Å². The average molecular weight is 330 g/mol. The molecule has 21 heavy (non-hydrogen) atoms. The van der Waals surface area contributed by atoms with Gasteiger partial charge in [-0.25, -0.2) is 9.37 Å². The molecule has 0 amide bonds. The largest absolute Gasteiger partial charge is 0.358 e. The van der Waals surface area contributed by atoms with Crippen LogP contribution in [0.2, 0.25) is 10.0 Å². The lowest BCUT2D eigenvalue weighted by molar-refractivity contribution is -0.384. The van der Waals surface area contributed by atoms with Crippen molar-refractivity contribution in [1.82, 2.24) is 4.98 Å². The Labute approximate surface area is 129 Å². The fourth-order valence-corrected chi connectivity index (χ4v) is 2.35. The van der Waals surface area contributed by atoms with Gasteiger partial charge in [-0.05, 0) is 30.7 Å². The van der Waals surface area contributed by atoms with E-state index in [2.05, 4.69) is 10.3 Å². The van der Waals surface area contributed by atoms with Crippen LogP contribution in [0.5, 0.6) is 0 Å². The molecular formula is C13H10Cl2FN3O2. The van der Waals surface area contributed by atoms with E-state index in [0.29, 0.717) is 5.56 Å². The monoisotopic (exact) mass is 329 g/mol. The van der Waals surface area contributed by atoms with Crippen molar-refractivity contribution in [3.63, 3.8) is 0 Å². The standard InChI is InChI=1S/C13H10Cl2FN3O2/c1-7(8-5-11(16)10(15)6-9(8)14)18-13-12(19(20)21)3-2-4-17-13/h2-7H,1H3,(H,17,18)/t7-/m0/s1. The molecule has 8 heteroatoms. The van der Waals surface area contributed by atoms with Crippen LogP contribution >= 0.6 is 23.2 Å². The minimum absolute atomic E-state index is 0.0835. The van der Waals surface area contributed by atoms with E-state index in [-0.39, 0.29) is 21.6 Å². The van der Waals surface area contributed by atoms with E-state index in [4.69, 9.17) is 23.2 Å². The molecule has 0 aliphatic rings. The van der Waals surface area contributed by atoms with E-state index in [0.717, 1.165) is 0 Å².